The van der Waals surface area contributed by atoms with Gasteiger partial charge in [-0.2, -0.15) is 0 Å². The number of fused-ring (bicyclic) bond motifs is 2. The summed E-state index contributed by atoms with van der Waals surface area (Å²) in [7, 11) is 0. The summed E-state index contributed by atoms with van der Waals surface area (Å²) < 4.78 is 41.7. The maximum absolute atomic E-state index is 14.2. The summed E-state index contributed by atoms with van der Waals surface area (Å²) in [6.45, 7) is 7.36. The van der Waals surface area contributed by atoms with E-state index in [0.717, 1.165) is 0 Å². The van der Waals surface area contributed by atoms with E-state index in [1.807, 2.05) is 6.07 Å². The highest BCUT2D eigenvalue weighted by atomic mass is 16.9. The summed E-state index contributed by atoms with van der Waals surface area (Å²) in [4.78, 5) is 27.7. The Bertz CT molecular complexity index is 1190. The summed E-state index contributed by atoms with van der Waals surface area (Å²) in [6, 6.07) is 15.6. The molecule has 4 aliphatic rings. The molecule has 6 rings (SSSR count). The first-order chi connectivity index (χ1) is 17.1. The normalized spacial score (nSPS) is 35.8. The zero-order valence-corrected chi connectivity index (χ0v) is 20.5. The number of carbonyl (C=O) groups excluding carboxylic acids is 2. The molecule has 0 N–H and O–H groups in total. The first kappa shape index (κ1) is 23.6. The van der Waals surface area contributed by atoms with Gasteiger partial charge in [-0.25, -0.2) is 4.79 Å². The Morgan fingerprint density at radius 3 is 2.33 bits per heavy atom. The molecular weight excluding hydrogens is 468 g/mol. The van der Waals surface area contributed by atoms with Crippen molar-refractivity contribution in [3.05, 3.63) is 65.7 Å². The summed E-state index contributed by atoms with van der Waals surface area (Å²) in [5.74, 6) is -2.95. The Morgan fingerprint density at radius 2 is 1.61 bits per heavy atom. The number of esters is 2. The molecule has 190 valence electrons. The van der Waals surface area contributed by atoms with Gasteiger partial charge in [-0.1, -0.05) is 48.5 Å². The minimum absolute atomic E-state index is 0.239. The lowest BCUT2D eigenvalue weighted by Gasteiger charge is -2.31. The minimum atomic E-state index is -1.80. The lowest BCUT2D eigenvalue weighted by atomic mass is 9.75. The van der Waals surface area contributed by atoms with Gasteiger partial charge in [0, 0.05) is 5.56 Å². The Balaban J connectivity index is 1.39. The van der Waals surface area contributed by atoms with Crippen molar-refractivity contribution in [3.63, 3.8) is 0 Å². The van der Waals surface area contributed by atoms with Crippen LogP contribution in [0.4, 0.5) is 0 Å². The van der Waals surface area contributed by atoms with Crippen LogP contribution in [0.25, 0.3) is 0 Å². The predicted octanol–water partition coefficient (Wildman–Crippen LogP) is 2.83. The van der Waals surface area contributed by atoms with Gasteiger partial charge < -0.3 is 33.2 Å². The van der Waals surface area contributed by atoms with Crippen molar-refractivity contribution >= 4 is 11.9 Å². The average Bonchev–Trinajstić information content (AvgIpc) is 3.53. The van der Waals surface area contributed by atoms with E-state index in [-0.39, 0.29) is 6.61 Å². The van der Waals surface area contributed by atoms with Crippen LogP contribution >= 0.6 is 0 Å². The van der Waals surface area contributed by atoms with E-state index in [1.165, 1.54) is 0 Å². The molecule has 9 nitrogen and oxygen atoms in total. The molecule has 36 heavy (non-hydrogen) atoms. The van der Waals surface area contributed by atoms with Crippen molar-refractivity contribution in [2.75, 3.05) is 6.61 Å². The fourth-order valence-corrected chi connectivity index (χ4v) is 5.45. The smallest absolute Gasteiger partial charge is 0.338 e. The van der Waals surface area contributed by atoms with Crippen LogP contribution in [0.2, 0.25) is 0 Å². The highest BCUT2D eigenvalue weighted by Crippen LogP contribution is 2.47. The molecule has 0 bridgehead atoms. The molecule has 0 radical (unpaired) electrons. The molecule has 0 aliphatic carbocycles. The van der Waals surface area contributed by atoms with Gasteiger partial charge in [0.2, 0.25) is 5.41 Å². The molecular formula is C27H28O9. The van der Waals surface area contributed by atoms with E-state index in [1.54, 1.807) is 76.2 Å². The molecule has 1 unspecified atom stereocenters. The maximum Gasteiger partial charge on any atom is 0.338 e. The summed E-state index contributed by atoms with van der Waals surface area (Å²) in [5, 5.41) is 0. The third-order valence-corrected chi connectivity index (χ3v) is 6.98. The van der Waals surface area contributed by atoms with Crippen LogP contribution in [0, 0.1) is 0 Å². The number of hydrogen-bond donors (Lipinski definition) is 0. The fourth-order valence-electron chi connectivity index (χ4n) is 5.45. The lowest BCUT2D eigenvalue weighted by Crippen LogP contribution is -2.51. The van der Waals surface area contributed by atoms with Gasteiger partial charge in [0.05, 0.1) is 6.61 Å². The molecule has 6 atom stereocenters. The minimum Gasteiger partial charge on any atom is -0.455 e. The third kappa shape index (κ3) is 3.57. The highest BCUT2D eigenvalue weighted by Gasteiger charge is 2.63. The van der Waals surface area contributed by atoms with Crippen LogP contribution in [0.3, 0.4) is 0 Å². The van der Waals surface area contributed by atoms with Gasteiger partial charge in [-0.15, -0.1) is 0 Å². The quantitative estimate of drug-likeness (QED) is 0.359. The summed E-state index contributed by atoms with van der Waals surface area (Å²) in [6.07, 6.45) is -3.68. The first-order valence-electron chi connectivity index (χ1n) is 12.0. The second-order valence-corrected chi connectivity index (χ2v) is 10.3. The van der Waals surface area contributed by atoms with E-state index in [9.17, 15) is 9.59 Å². The lowest BCUT2D eigenvalue weighted by molar-refractivity contribution is -0.236. The van der Waals surface area contributed by atoms with Crippen molar-refractivity contribution in [2.24, 2.45) is 0 Å². The Labute approximate surface area is 208 Å². The molecule has 3 fully saturated rings. The SMILES string of the molecule is CC1(C)O[C@H]2O[C@H]([C@H]3COC(C)(C)O3)[C@H](OC(=O)C3(c4ccccc4)C(=O)Oc4ccccc43)[C@H]2O1. The van der Waals surface area contributed by atoms with Crippen molar-refractivity contribution in [2.45, 2.75) is 75.4 Å². The summed E-state index contributed by atoms with van der Waals surface area (Å²) in [5.41, 5.74) is -0.937. The van der Waals surface area contributed by atoms with Gasteiger partial charge in [0.1, 0.15) is 18.0 Å². The molecule has 2 aromatic rings. The zero-order chi connectivity index (χ0) is 25.3. The highest BCUT2D eigenvalue weighted by molar-refractivity contribution is 6.13. The Kier molecular flexibility index (Phi) is 5.30. The van der Waals surface area contributed by atoms with E-state index in [4.69, 9.17) is 33.2 Å². The van der Waals surface area contributed by atoms with Gasteiger partial charge in [0.25, 0.3) is 0 Å². The molecule has 4 heterocycles. The number of hydrogen-bond acceptors (Lipinski definition) is 9. The van der Waals surface area contributed by atoms with Crippen LogP contribution in [-0.4, -0.2) is 60.8 Å². The van der Waals surface area contributed by atoms with E-state index >= 15 is 0 Å². The number of para-hydroxylation sites is 1. The van der Waals surface area contributed by atoms with Crippen molar-refractivity contribution < 1.29 is 42.7 Å². The second kappa shape index (κ2) is 8.09. The fraction of sp³-hybridized carbons (Fsp3) is 0.481. The largest absolute Gasteiger partial charge is 0.455 e. The third-order valence-electron chi connectivity index (χ3n) is 6.98. The van der Waals surface area contributed by atoms with Gasteiger partial charge in [0.15, 0.2) is 30.1 Å². The summed E-state index contributed by atoms with van der Waals surface area (Å²) >= 11 is 0. The molecule has 0 amide bonds. The predicted molar refractivity (Wildman–Crippen MR) is 123 cm³/mol. The van der Waals surface area contributed by atoms with Crippen LogP contribution in [0.15, 0.2) is 54.6 Å². The van der Waals surface area contributed by atoms with E-state index in [2.05, 4.69) is 0 Å². The van der Waals surface area contributed by atoms with Crippen molar-refractivity contribution in [1.29, 1.82) is 0 Å². The molecule has 2 aromatic carbocycles. The Hall–Kier alpha value is -2.82. The zero-order valence-electron chi connectivity index (χ0n) is 20.5. The van der Waals surface area contributed by atoms with Crippen LogP contribution in [0.1, 0.15) is 38.8 Å². The van der Waals surface area contributed by atoms with E-state index < -0.39 is 59.6 Å². The molecule has 3 saturated heterocycles. The standard InChI is InChI=1S/C27H28O9/c1-25(2)30-14-18(34-25)19-20(21-22(32-19)36-26(3,4)35-21)33-24(29)27(15-10-6-5-7-11-15)16-12-8-9-13-17(16)31-23(27)28/h5-13,18-22H,14H2,1-4H3/t18-,19-,20+,21-,22-,27?/m1/s1. The van der Waals surface area contributed by atoms with Gasteiger partial charge in [-0.05, 0) is 39.3 Å². The van der Waals surface area contributed by atoms with Crippen molar-refractivity contribution in [3.8, 4) is 5.75 Å². The number of carbonyl (C=O) groups is 2. The van der Waals surface area contributed by atoms with Crippen LogP contribution < -0.4 is 4.74 Å². The van der Waals surface area contributed by atoms with Crippen molar-refractivity contribution in [1.82, 2.24) is 0 Å². The number of benzene rings is 2. The number of ether oxygens (including phenoxy) is 7. The molecule has 4 aliphatic heterocycles. The second-order valence-electron chi connectivity index (χ2n) is 10.3. The Morgan fingerprint density at radius 1 is 0.889 bits per heavy atom. The molecule has 0 spiro atoms. The van der Waals surface area contributed by atoms with E-state index in [0.29, 0.717) is 16.9 Å². The molecule has 0 saturated carbocycles. The number of rotatable bonds is 4. The van der Waals surface area contributed by atoms with Crippen LogP contribution in [0.5, 0.6) is 5.75 Å². The van der Waals surface area contributed by atoms with Gasteiger partial charge in [-0.3, -0.25) is 4.79 Å². The van der Waals surface area contributed by atoms with Crippen LogP contribution in [-0.2, 0) is 43.4 Å². The molecule has 0 aromatic heterocycles. The average molecular weight is 497 g/mol. The van der Waals surface area contributed by atoms with Gasteiger partial charge >= 0.3 is 11.9 Å². The molecule has 9 heteroatoms. The maximum atomic E-state index is 14.2. The first-order valence-corrected chi connectivity index (χ1v) is 12.0. The topological polar surface area (TPSA) is 98.8 Å². The monoisotopic (exact) mass is 496 g/mol.